The van der Waals surface area contributed by atoms with Crippen molar-refractivity contribution in [3.8, 4) is 0 Å². The van der Waals surface area contributed by atoms with E-state index in [-0.39, 0.29) is 6.54 Å². The first-order chi connectivity index (χ1) is 15.5. The Bertz CT molecular complexity index is 1140. The van der Waals surface area contributed by atoms with Crippen LogP contribution in [0, 0.1) is 0 Å². The lowest BCUT2D eigenvalue weighted by atomic mass is 10.1. The van der Waals surface area contributed by atoms with E-state index in [4.69, 9.17) is 11.6 Å². The van der Waals surface area contributed by atoms with Gasteiger partial charge in [-0.25, -0.2) is 4.79 Å². The molecule has 32 heavy (non-hydrogen) atoms. The number of amides is 4. The van der Waals surface area contributed by atoms with Crippen molar-refractivity contribution in [3.63, 3.8) is 0 Å². The SMILES string of the molecule is O=C(CN1C(=O)N[C@@H](Cc2ccccc2)C1=O)Nc1ccccc1Sc1ccc(Cl)cc1. The average Bonchev–Trinajstić information content (AvgIpc) is 3.04. The molecule has 0 radical (unpaired) electrons. The zero-order valence-corrected chi connectivity index (χ0v) is 18.5. The van der Waals surface area contributed by atoms with Crippen LogP contribution in [0.2, 0.25) is 5.02 Å². The first kappa shape index (κ1) is 21.9. The number of carbonyl (C=O) groups excluding carboxylic acids is 3. The number of rotatable bonds is 7. The highest BCUT2D eigenvalue weighted by Gasteiger charge is 2.38. The van der Waals surface area contributed by atoms with Gasteiger partial charge in [0.05, 0.1) is 5.69 Å². The lowest BCUT2D eigenvalue weighted by Crippen LogP contribution is -2.38. The summed E-state index contributed by atoms with van der Waals surface area (Å²) in [5.41, 5.74) is 1.54. The molecule has 6 nitrogen and oxygen atoms in total. The number of nitrogens with zero attached hydrogens (tertiary/aromatic N) is 1. The molecule has 0 unspecified atom stereocenters. The predicted molar refractivity (Wildman–Crippen MR) is 125 cm³/mol. The van der Waals surface area contributed by atoms with Gasteiger partial charge in [0.1, 0.15) is 12.6 Å². The monoisotopic (exact) mass is 465 g/mol. The van der Waals surface area contributed by atoms with Crippen molar-refractivity contribution >= 4 is 46.9 Å². The van der Waals surface area contributed by atoms with Crippen LogP contribution in [0.15, 0.2) is 88.7 Å². The number of benzene rings is 3. The van der Waals surface area contributed by atoms with E-state index in [1.807, 2.05) is 60.7 Å². The second kappa shape index (κ2) is 9.89. The summed E-state index contributed by atoms with van der Waals surface area (Å²) in [7, 11) is 0. The van der Waals surface area contributed by atoms with Gasteiger partial charge in [-0.05, 0) is 42.0 Å². The quantitative estimate of drug-likeness (QED) is 0.500. The molecule has 4 amide bonds. The van der Waals surface area contributed by atoms with E-state index >= 15 is 0 Å². The van der Waals surface area contributed by atoms with Crippen molar-refractivity contribution in [3.05, 3.63) is 89.4 Å². The third-order valence-corrected chi connectivity index (χ3v) is 6.23. The molecule has 8 heteroatoms. The Hall–Kier alpha value is -3.29. The smallest absolute Gasteiger partial charge is 0.325 e. The van der Waals surface area contributed by atoms with Crippen LogP contribution in [-0.4, -0.2) is 35.3 Å². The summed E-state index contributed by atoms with van der Waals surface area (Å²) in [5.74, 6) is -0.851. The molecule has 3 aromatic carbocycles. The second-order valence-electron chi connectivity index (χ2n) is 7.22. The van der Waals surface area contributed by atoms with Crippen LogP contribution in [0.25, 0.3) is 0 Å². The third kappa shape index (κ3) is 5.30. The van der Waals surface area contributed by atoms with E-state index in [1.54, 1.807) is 18.2 Å². The van der Waals surface area contributed by atoms with Crippen molar-refractivity contribution in [1.82, 2.24) is 10.2 Å². The second-order valence-corrected chi connectivity index (χ2v) is 8.77. The van der Waals surface area contributed by atoms with E-state index in [9.17, 15) is 14.4 Å². The number of anilines is 1. The first-order valence-corrected chi connectivity index (χ1v) is 11.2. The minimum Gasteiger partial charge on any atom is -0.325 e. The number of urea groups is 1. The Labute approximate surface area is 194 Å². The molecule has 0 aromatic heterocycles. The maximum Gasteiger partial charge on any atom is 0.325 e. The van der Waals surface area contributed by atoms with Gasteiger partial charge < -0.3 is 10.6 Å². The van der Waals surface area contributed by atoms with Crippen molar-refractivity contribution in [2.75, 3.05) is 11.9 Å². The number of imide groups is 1. The minimum atomic E-state index is -0.676. The zero-order chi connectivity index (χ0) is 22.5. The molecule has 3 aromatic rings. The molecular weight excluding hydrogens is 446 g/mol. The molecular formula is C24H20ClN3O3S. The van der Waals surface area contributed by atoms with Gasteiger partial charge in [-0.15, -0.1) is 0 Å². The molecule has 162 valence electrons. The van der Waals surface area contributed by atoms with Crippen LogP contribution < -0.4 is 10.6 Å². The molecule has 1 heterocycles. The summed E-state index contributed by atoms with van der Waals surface area (Å²) in [6, 6.07) is 22.9. The number of carbonyl (C=O) groups is 3. The van der Waals surface area contributed by atoms with Gasteiger partial charge in [0, 0.05) is 21.2 Å². The number of nitrogens with one attached hydrogen (secondary N) is 2. The van der Waals surface area contributed by atoms with Gasteiger partial charge in [0.2, 0.25) is 5.91 Å². The summed E-state index contributed by atoms with van der Waals surface area (Å²) < 4.78 is 0. The Morgan fingerprint density at radius 3 is 2.41 bits per heavy atom. The van der Waals surface area contributed by atoms with Crippen molar-refractivity contribution < 1.29 is 14.4 Å². The number of halogens is 1. The fourth-order valence-electron chi connectivity index (χ4n) is 3.34. The molecule has 0 spiro atoms. The number of para-hydroxylation sites is 1. The van der Waals surface area contributed by atoms with E-state index in [2.05, 4.69) is 10.6 Å². The largest absolute Gasteiger partial charge is 0.325 e. The summed E-state index contributed by atoms with van der Waals surface area (Å²) in [5, 5.41) is 6.13. The predicted octanol–water partition coefficient (Wildman–Crippen LogP) is 4.59. The lowest BCUT2D eigenvalue weighted by molar-refractivity contribution is -0.130. The highest BCUT2D eigenvalue weighted by Crippen LogP contribution is 2.33. The standard InChI is InChI=1S/C24H20ClN3O3S/c25-17-10-12-18(13-11-17)32-21-9-5-4-8-19(21)26-22(29)15-28-23(30)20(27-24(28)31)14-16-6-2-1-3-7-16/h1-13,20H,14-15H2,(H,26,29)(H,27,31)/t20-/m0/s1. The van der Waals surface area contributed by atoms with Gasteiger partial charge in [0.25, 0.3) is 5.91 Å². The molecule has 4 rings (SSSR count). The fourth-order valence-corrected chi connectivity index (χ4v) is 4.36. The van der Waals surface area contributed by atoms with E-state index in [0.29, 0.717) is 17.1 Å². The summed E-state index contributed by atoms with van der Waals surface area (Å²) in [6.45, 7) is -0.351. The molecule has 2 N–H and O–H groups in total. The average molecular weight is 466 g/mol. The van der Waals surface area contributed by atoms with Crippen LogP contribution in [-0.2, 0) is 16.0 Å². The van der Waals surface area contributed by atoms with Gasteiger partial charge in [-0.2, -0.15) is 0 Å². The molecule has 1 aliphatic rings. The molecule has 1 fully saturated rings. The summed E-state index contributed by atoms with van der Waals surface area (Å²) in [6.07, 6.45) is 0.379. The normalized spacial score (nSPS) is 15.5. The Morgan fingerprint density at radius 2 is 1.66 bits per heavy atom. The highest BCUT2D eigenvalue weighted by molar-refractivity contribution is 7.99. The van der Waals surface area contributed by atoms with Gasteiger partial charge in [-0.3, -0.25) is 14.5 Å². The summed E-state index contributed by atoms with van der Waals surface area (Å²) in [4.78, 5) is 40.4. The number of hydrogen-bond donors (Lipinski definition) is 2. The van der Waals surface area contributed by atoms with Gasteiger partial charge in [0.15, 0.2) is 0 Å². The van der Waals surface area contributed by atoms with Crippen LogP contribution >= 0.6 is 23.4 Å². The zero-order valence-electron chi connectivity index (χ0n) is 17.0. The molecule has 1 aliphatic heterocycles. The van der Waals surface area contributed by atoms with Crippen LogP contribution in [0.5, 0.6) is 0 Å². The molecule has 1 atom stereocenters. The third-order valence-electron chi connectivity index (χ3n) is 4.89. The van der Waals surface area contributed by atoms with Gasteiger partial charge in [-0.1, -0.05) is 65.8 Å². The lowest BCUT2D eigenvalue weighted by Gasteiger charge is -2.15. The van der Waals surface area contributed by atoms with E-state index in [0.717, 1.165) is 20.3 Å². The van der Waals surface area contributed by atoms with Crippen molar-refractivity contribution in [1.29, 1.82) is 0 Å². The summed E-state index contributed by atoms with van der Waals surface area (Å²) >= 11 is 7.42. The van der Waals surface area contributed by atoms with Crippen LogP contribution in [0.4, 0.5) is 10.5 Å². The molecule has 0 aliphatic carbocycles. The minimum absolute atomic E-state index is 0.351. The van der Waals surface area contributed by atoms with E-state index in [1.165, 1.54) is 11.8 Å². The van der Waals surface area contributed by atoms with Crippen LogP contribution in [0.3, 0.4) is 0 Å². The fraction of sp³-hybridized carbons (Fsp3) is 0.125. The Morgan fingerprint density at radius 1 is 0.969 bits per heavy atom. The molecule has 0 saturated carbocycles. The maximum atomic E-state index is 12.7. The van der Waals surface area contributed by atoms with E-state index < -0.39 is 23.9 Å². The number of hydrogen-bond acceptors (Lipinski definition) is 4. The van der Waals surface area contributed by atoms with Crippen molar-refractivity contribution in [2.24, 2.45) is 0 Å². The molecule has 0 bridgehead atoms. The van der Waals surface area contributed by atoms with Crippen LogP contribution in [0.1, 0.15) is 5.56 Å². The van der Waals surface area contributed by atoms with Crippen molar-refractivity contribution in [2.45, 2.75) is 22.3 Å². The molecule has 1 saturated heterocycles. The van der Waals surface area contributed by atoms with Gasteiger partial charge >= 0.3 is 6.03 Å². The Kier molecular flexibility index (Phi) is 6.78. The topological polar surface area (TPSA) is 78.5 Å². The maximum absolute atomic E-state index is 12.7. The Balaban J connectivity index is 1.40. The highest BCUT2D eigenvalue weighted by atomic mass is 35.5. The first-order valence-electron chi connectivity index (χ1n) is 9.98.